The van der Waals surface area contributed by atoms with Crippen molar-refractivity contribution in [2.45, 2.75) is 76.7 Å². The van der Waals surface area contributed by atoms with Crippen LogP contribution in [0.25, 0.3) is 0 Å². The van der Waals surface area contributed by atoms with Crippen molar-refractivity contribution in [3.05, 3.63) is 12.2 Å². The second-order valence-electron chi connectivity index (χ2n) is 6.77. The van der Waals surface area contributed by atoms with E-state index in [2.05, 4.69) is 6.58 Å². The van der Waals surface area contributed by atoms with Crippen LogP contribution < -0.4 is 0 Å². The predicted molar refractivity (Wildman–Crippen MR) is 77.2 cm³/mol. The van der Waals surface area contributed by atoms with Gasteiger partial charge in [-0.3, -0.25) is 0 Å². The number of hydrogen-bond acceptors (Lipinski definition) is 3. The molecule has 1 fully saturated rings. The first-order valence-corrected chi connectivity index (χ1v) is 7.57. The largest absolute Gasteiger partial charge is 0.456 e. The normalized spacial score (nSPS) is 22.5. The van der Waals surface area contributed by atoms with Crippen LogP contribution in [0.5, 0.6) is 0 Å². The first kappa shape index (κ1) is 19.0. The van der Waals surface area contributed by atoms with Gasteiger partial charge in [-0.2, -0.15) is 13.2 Å². The lowest BCUT2D eigenvalue weighted by atomic mass is 9.73. The Morgan fingerprint density at radius 2 is 1.73 bits per heavy atom. The van der Waals surface area contributed by atoms with Gasteiger partial charge >= 0.3 is 12.1 Å². The van der Waals surface area contributed by atoms with Crippen LogP contribution in [0.15, 0.2) is 12.2 Å². The number of alkyl halides is 3. The van der Waals surface area contributed by atoms with Crippen molar-refractivity contribution in [1.82, 2.24) is 0 Å². The molecule has 1 saturated carbocycles. The van der Waals surface area contributed by atoms with Crippen LogP contribution >= 0.6 is 0 Å². The molecule has 1 aliphatic carbocycles. The highest BCUT2D eigenvalue weighted by Gasteiger charge is 2.55. The van der Waals surface area contributed by atoms with Gasteiger partial charge in [-0.25, -0.2) is 4.79 Å². The van der Waals surface area contributed by atoms with E-state index < -0.39 is 29.8 Å². The highest BCUT2D eigenvalue weighted by atomic mass is 19.4. The third-order valence-corrected chi connectivity index (χ3v) is 4.45. The Balaban J connectivity index is 3.04. The van der Waals surface area contributed by atoms with Gasteiger partial charge in [0.15, 0.2) is 5.60 Å². The Hall–Kier alpha value is -1.04. The van der Waals surface area contributed by atoms with Crippen LogP contribution in [-0.2, 0) is 9.53 Å². The maximum Gasteiger partial charge on any atom is 0.417 e. The van der Waals surface area contributed by atoms with Crippen LogP contribution in [-0.4, -0.2) is 28.5 Å². The summed E-state index contributed by atoms with van der Waals surface area (Å²) in [7, 11) is 0. The highest BCUT2D eigenvalue weighted by molar-refractivity contribution is 5.87. The summed E-state index contributed by atoms with van der Waals surface area (Å²) in [5.41, 5.74) is -4.14. The smallest absolute Gasteiger partial charge is 0.417 e. The summed E-state index contributed by atoms with van der Waals surface area (Å²) in [6.45, 7) is 7.14. The van der Waals surface area contributed by atoms with E-state index in [1.54, 1.807) is 0 Å². The zero-order valence-corrected chi connectivity index (χ0v) is 13.4. The van der Waals surface area contributed by atoms with Crippen molar-refractivity contribution in [3.8, 4) is 0 Å². The fourth-order valence-corrected chi connectivity index (χ4v) is 3.06. The first-order chi connectivity index (χ1) is 9.89. The third-order valence-electron chi connectivity index (χ3n) is 4.45. The van der Waals surface area contributed by atoms with Crippen LogP contribution in [0.2, 0.25) is 0 Å². The molecule has 0 saturated heterocycles. The van der Waals surface area contributed by atoms with Gasteiger partial charge in [0.25, 0.3) is 0 Å². The van der Waals surface area contributed by atoms with E-state index in [4.69, 9.17) is 4.74 Å². The molecule has 0 heterocycles. The summed E-state index contributed by atoms with van der Waals surface area (Å²) in [6, 6.07) is 0. The third kappa shape index (κ3) is 4.48. The van der Waals surface area contributed by atoms with Crippen LogP contribution in [0.3, 0.4) is 0 Å². The van der Waals surface area contributed by atoms with Crippen molar-refractivity contribution in [2.24, 2.45) is 5.92 Å². The highest BCUT2D eigenvalue weighted by Crippen LogP contribution is 2.44. The fourth-order valence-electron chi connectivity index (χ4n) is 3.06. The number of aliphatic hydroxyl groups is 1. The molecule has 0 spiro atoms. The van der Waals surface area contributed by atoms with Crippen molar-refractivity contribution in [3.63, 3.8) is 0 Å². The lowest BCUT2D eigenvalue weighted by Gasteiger charge is -2.43. The average molecular weight is 322 g/mol. The minimum absolute atomic E-state index is 0.133. The number of carbonyl (C=O) groups excluding carboxylic acids is 1. The first-order valence-electron chi connectivity index (χ1n) is 7.57. The van der Waals surface area contributed by atoms with Crippen molar-refractivity contribution in [1.29, 1.82) is 0 Å². The molecular formula is C16H25F3O3. The number of rotatable bonds is 5. The van der Waals surface area contributed by atoms with Crippen molar-refractivity contribution < 1.29 is 27.8 Å². The lowest BCUT2D eigenvalue weighted by Crippen LogP contribution is -2.52. The molecule has 1 rings (SSSR count). The maximum atomic E-state index is 13.0. The summed E-state index contributed by atoms with van der Waals surface area (Å²) in [4.78, 5) is 11.9. The molecule has 6 heteroatoms. The van der Waals surface area contributed by atoms with Gasteiger partial charge in [0, 0.05) is 12.0 Å². The second kappa shape index (κ2) is 6.60. The number of hydrogen-bond donors (Lipinski definition) is 1. The molecule has 22 heavy (non-hydrogen) atoms. The molecule has 0 radical (unpaired) electrons. The number of carbonyl (C=O) groups is 1. The average Bonchev–Trinajstić information content (AvgIpc) is 2.37. The SMILES string of the molecule is C=C(C)C(=O)OC(C)(CC(C)(O)C(F)(F)F)C1CCCCC1. The van der Waals surface area contributed by atoms with E-state index in [0.717, 1.165) is 26.2 Å². The topological polar surface area (TPSA) is 46.5 Å². The van der Waals surface area contributed by atoms with Crippen LogP contribution in [0.4, 0.5) is 13.2 Å². The fraction of sp³-hybridized carbons (Fsp3) is 0.812. The van der Waals surface area contributed by atoms with Gasteiger partial charge in [0.05, 0.1) is 0 Å². The summed E-state index contributed by atoms with van der Waals surface area (Å²) in [6.07, 6.45) is -1.28. The van der Waals surface area contributed by atoms with Gasteiger partial charge in [0.1, 0.15) is 5.60 Å². The summed E-state index contributed by atoms with van der Waals surface area (Å²) < 4.78 is 44.4. The minimum atomic E-state index is -4.78. The minimum Gasteiger partial charge on any atom is -0.456 e. The van der Waals surface area contributed by atoms with Gasteiger partial charge in [-0.05, 0) is 39.5 Å². The predicted octanol–water partition coefficient (Wildman–Crippen LogP) is 4.15. The lowest BCUT2D eigenvalue weighted by molar-refractivity contribution is -0.272. The van der Waals surface area contributed by atoms with E-state index in [9.17, 15) is 23.1 Å². The Bertz CT molecular complexity index is 423. The van der Waals surface area contributed by atoms with E-state index in [1.165, 1.54) is 13.8 Å². The molecule has 1 aliphatic rings. The molecule has 0 bridgehead atoms. The molecule has 2 atom stereocenters. The van der Waals surface area contributed by atoms with Crippen LogP contribution in [0, 0.1) is 5.92 Å². The van der Waals surface area contributed by atoms with E-state index in [1.807, 2.05) is 0 Å². The molecule has 0 aromatic carbocycles. The van der Waals surface area contributed by atoms with Gasteiger partial charge in [-0.1, -0.05) is 25.8 Å². The van der Waals surface area contributed by atoms with Crippen LogP contribution in [0.1, 0.15) is 59.3 Å². The Labute approximate surface area is 129 Å². The van der Waals surface area contributed by atoms with Crippen molar-refractivity contribution >= 4 is 5.97 Å². The summed E-state index contributed by atoms with van der Waals surface area (Å²) in [5, 5.41) is 9.83. The van der Waals surface area contributed by atoms with Crippen molar-refractivity contribution in [2.75, 3.05) is 0 Å². The molecule has 128 valence electrons. The van der Waals surface area contributed by atoms with E-state index in [-0.39, 0.29) is 11.5 Å². The number of halogens is 3. The molecule has 1 N–H and O–H groups in total. The zero-order valence-electron chi connectivity index (χ0n) is 13.4. The molecule has 0 aromatic rings. The summed E-state index contributed by atoms with van der Waals surface area (Å²) >= 11 is 0. The quantitative estimate of drug-likeness (QED) is 0.611. The second-order valence-corrected chi connectivity index (χ2v) is 6.77. The standard InChI is InChI=1S/C16H25F3O3/c1-11(2)13(20)22-14(3,12-8-6-5-7-9-12)10-15(4,21)16(17,18)19/h12,21H,1,5-10H2,2-4H3. The Morgan fingerprint density at radius 1 is 1.23 bits per heavy atom. The molecule has 3 nitrogen and oxygen atoms in total. The number of esters is 1. The monoisotopic (exact) mass is 322 g/mol. The Kier molecular flexibility index (Phi) is 5.71. The van der Waals surface area contributed by atoms with E-state index in [0.29, 0.717) is 12.8 Å². The maximum absolute atomic E-state index is 13.0. The van der Waals surface area contributed by atoms with Gasteiger partial charge < -0.3 is 9.84 Å². The molecular weight excluding hydrogens is 297 g/mol. The number of ether oxygens (including phenoxy) is 1. The summed E-state index contributed by atoms with van der Waals surface area (Å²) in [5.74, 6) is -0.913. The molecule has 2 unspecified atom stereocenters. The molecule has 0 amide bonds. The zero-order chi connectivity index (χ0) is 17.2. The van der Waals surface area contributed by atoms with Gasteiger partial charge in [-0.15, -0.1) is 0 Å². The van der Waals surface area contributed by atoms with Gasteiger partial charge in [0.2, 0.25) is 0 Å². The van der Waals surface area contributed by atoms with E-state index >= 15 is 0 Å². The Morgan fingerprint density at radius 3 is 2.14 bits per heavy atom. The molecule has 0 aliphatic heterocycles. The molecule has 0 aromatic heterocycles.